The van der Waals surface area contributed by atoms with E-state index < -0.39 is 35.3 Å². The van der Waals surface area contributed by atoms with E-state index in [2.05, 4.69) is 10.6 Å². The van der Waals surface area contributed by atoms with Gasteiger partial charge in [0.05, 0.1) is 16.7 Å². The van der Waals surface area contributed by atoms with Gasteiger partial charge >= 0.3 is 0 Å². The third kappa shape index (κ3) is 3.12. The minimum absolute atomic E-state index is 0.0770. The normalized spacial score (nSPS) is 20.6. The molecule has 25 heavy (non-hydrogen) atoms. The van der Waals surface area contributed by atoms with Crippen LogP contribution in [0.3, 0.4) is 0 Å². The fraction of sp³-hybridized carbons (Fsp3) is 0.412. The number of piperidine rings is 1. The highest BCUT2D eigenvalue weighted by atomic mass is 16.3. The Balaban J connectivity index is 1.91. The van der Waals surface area contributed by atoms with Crippen LogP contribution in [0.5, 0.6) is 0 Å². The Bertz CT molecular complexity index is 781. The number of anilines is 1. The zero-order chi connectivity index (χ0) is 18.4. The number of carbonyl (C=O) groups excluding carboxylic acids is 4. The molecule has 2 heterocycles. The largest absolute Gasteiger partial charge is 0.389 e. The molecule has 3 rings (SSSR count). The Morgan fingerprint density at radius 3 is 2.60 bits per heavy atom. The summed E-state index contributed by atoms with van der Waals surface area (Å²) in [5, 5.41) is 15.0. The lowest BCUT2D eigenvalue weighted by molar-refractivity contribution is -0.136. The first-order valence-corrected chi connectivity index (χ1v) is 8.00. The minimum Gasteiger partial charge on any atom is -0.389 e. The van der Waals surface area contributed by atoms with Crippen LogP contribution in [-0.4, -0.2) is 51.8 Å². The molecule has 0 radical (unpaired) electrons. The van der Waals surface area contributed by atoms with Gasteiger partial charge < -0.3 is 10.4 Å². The monoisotopic (exact) mass is 345 g/mol. The van der Waals surface area contributed by atoms with Crippen LogP contribution in [0.25, 0.3) is 0 Å². The van der Waals surface area contributed by atoms with Gasteiger partial charge in [0.1, 0.15) is 6.04 Å². The van der Waals surface area contributed by atoms with E-state index >= 15 is 0 Å². The molecule has 2 aliphatic heterocycles. The molecule has 132 valence electrons. The first-order chi connectivity index (χ1) is 11.7. The number of benzene rings is 1. The van der Waals surface area contributed by atoms with Gasteiger partial charge in [0.2, 0.25) is 11.8 Å². The van der Waals surface area contributed by atoms with Crippen LogP contribution in [0, 0.1) is 0 Å². The van der Waals surface area contributed by atoms with Crippen molar-refractivity contribution in [2.24, 2.45) is 0 Å². The van der Waals surface area contributed by atoms with Gasteiger partial charge in [0.15, 0.2) is 0 Å². The van der Waals surface area contributed by atoms with Gasteiger partial charge in [-0.3, -0.25) is 29.4 Å². The fourth-order valence-corrected chi connectivity index (χ4v) is 2.97. The number of amides is 4. The van der Waals surface area contributed by atoms with Gasteiger partial charge in [-0.05, 0) is 32.4 Å². The lowest BCUT2D eigenvalue weighted by atomic mass is 10.0. The summed E-state index contributed by atoms with van der Waals surface area (Å²) in [7, 11) is 0. The molecule has 8 heteroatoms. The Labute approximate surface area is 144 Å². The van der Waals surface area contributed by atoms with E-state index in [1.54, 1.807) is 26.0 Å². The Morgan fingerprint density at radius 1 is 1.24 bits per heavy atom. The molecule has 8 nitrogen and oxygen atoms in total. The number of fused-ring (bicyclic) bond motifs is 1. The maximum absolute atomic E-state index is 12.8. The molecule has 4 amide bonds. The second kappa shape index (κ2) is 5.96. The first-order valence-electron chi connectivity index (χ1n) is 8.00. The summed E-state index contributed by atoms with van der Waals surface area (Å²) in [4.78, 5) is 49.7. The molecule has 0 saturated carbocycles. The van der Waals surface area contributed by atoms with Crippen LogP contribution in [0.4, 0.5) is 5.69 Å². The van der Waals surface area contributed by atoms with Crippen molar-refractivity contribution in [1.29, 1.82) is 0 Å². The smallest absolute Gasteiger partial charge is 0.264 e. The van der Waals surface area contributed by atoms with Gasteiger partial charge in [0, 0.05) is 18.7 Å². The van der Waals surface area contributed by atoms with Crippen LogP contribution >= 0.6 is 0 Å². The van der Waals surface area contributed by atoms with Crippen molar-refractivity contribution in [2.75, 3.05) is 11.9 Å². The molecule has 2 aliphatic rings. The fourth-order valence-electron chi connectivity index (χ4n) is 2.97. The molecule has 1 atom stereocenters. The van der Waals surface area contributed by atoms with E-state index in [4.69, 9.17) is 0 Å². The summed E-state index contributed by atoms with van der Waals surface area (Å²) in [5.74, 6) is -2.18. The van der Waals surface area contributed by atoms with Gasteiger partial charge in [-0.1, -0.05) is 6.07 Å². The number of rotatable bonds is 4. The Hall–Kier alpha value is -2.74. The molecule has 1 aromatic carbocycles. The average Bonchev–Trinajstić information content (AvgIpc) is 2.77. The van der Waals surface area contributed by atoms with E-state index in [0.717, 1.165) is 4.90 Å². The third-order valence-corrected chi connectivity index (χ3v) is 4.18. The summed E-state index contributed by atoms with van der Waals surface area (Å²) < 4.78 is 0. The topological polar surface area (TPSA) is 116 Å². The number of hydrogen-bond donors (Lipinski definition) is 3. The lowest BCUT2D eigenvalue weighted by Gasteiger charge is -2.27. The maximum atomic E-state index is 12.8. The van der Waals surface area contributed by atoms with Crippen LogP contribution < -0.4 is 10.6 Å². The molecule has 1 saturated heterocycles. The molecular formula is C17H19N3O5. The van der Waals surface area contributed by atoms with Gasteiger partial charge in [-0.2, -0.15) is 0 Å². The van der Waals surface area contributed by atoms with Gasteiger partial charge in [-0.15, -0.1) is 0 Å². The van der Waals surface area contributed by atoms with Crippen LogP contribution in [0.1, 0.15) is 47.4 Å². The van der Waals surface area contributed by atoms with E-state index in [9.17, 15) is 24.3 Å². The van der Waals surface area contributed by atoms with E-state index in [0.29, 0.717) is 5.69 Å². The van der Waals surface area contributed by atoms with Crippen molar-refractivity contribution in [1.82, 2.24) is 10.2 Å². The second-order valence-corrected chi connectivity index (χ2v) is 6.84. The zero-order valence-corrected chi connectivity index (χ0v) is 14.0. The standard InChI is InChI=1S/C17H19N3O5/c1-17(2,25)8-18-10-5-3-4-9-13(10)16(24)20(15(9)23)11-6-7-12(21)19-14(11)22/h3-5,11,18,25H,6-8H2,1-2H3,(H,19,21,22). The maximum Gasteiger partial charge on any atom is 0.264 e. The van der Waals surface area contributed by atoms with Crippen molar-refractivity contribution < 1.29 is 24.3 Å². The van der Waals surface area contributed by atoms with Crippen LogP contribution in [-0.2, 0) is 9.59 Å². The highest BCUT2D eigenvalue weighted by Gasteiger charge is 2.45. The summed E-state index contributed by atoms with van der Waals surface area (Å²) >= 11 is 0. The highest BCUT2D eigenvalue weighted by Crippen LogP contribution is 2.32. The number of nitrogens with zero attached hydrogens (tertiary/aromatic N) is 1. The quantitative estimate of drug-likeness (QED) is 0.675. The number of nitrogens with one attached hydrogen (secondary N) is 2. The molecule has 0 bridgehead atoms. The molecule has 1 aromatic rings. The SMILES string of the molecule is CC(C)(O)CNc1cccc2c1C(=O)N(C1CCC(=O)NC1=O)C2=O. The molecule has 0 spiro atoms. The predicted octanol–water partition coefficient (Wildman–Crippen LogP) is 0.271. The Kier molecular flexibility index (Phi) is 4.08. The molecular weight excluding hydrogens is 326 g/mol. The molecule has 1 unspecified atom stereocenters. The summed E-state index contributed by atoms with van der Waals surface area (Å²) in [5.41, 5.74) is -0.192. The molecule has 0 aromatic heterocycles. The number of carbonyl (C=O) groups is 4. The van der Waals surface area contributed by atoms with Crippen molar-refractivity contribution >= 4 is 29.3 Å². The summed E-state index contributed by atoms with van der Waals surface area (Å²) in [6.07, 6.45) is 0.191. The van der Waals surface area contributed by atoms with Crippen molar-refractivity contribution in [2.45, 2.75) is 38.3 Å². The van der Waals surface area contributed by atoms with Gasteiger partial charge in [0.25, 0.3) is 11.8 Å². The number of hydrogen-bond acceptors (Lipinski definition) is 6. The molecule has 1 fully saturated rings. The number of imide groups is 2. The minimum atomic E-state index is -1.00. The van der Waals surface area contributed by atoms with Crippen molar-refractivity contribution in [3.8, 4) is 0 Å². The van der Waals surface area contributed by atoms with Gasteiger partial charge in [-0.25, -0.2) is 0 Å². The zero-order valence-electron chi connectivity index (χ0n) is 14.0. The molecule has 0 aliphatic carbocycles. The van der Waals surface area contributed by atoms with Crippen LogP contribution in [0.15, 0.2) is 18.2 Å². The van der Waals surface area contributed by atoms with Crippen molar-refractivity contribution in [3.05, 3.63) is 29.3 Å². The second-order valence-electron chi connectivity index (χ2n) is 6.84. The lowest BCUT2D eigenvalue weighted by Crippen LogP contribution is -2.54. The van der Waals surface area contributed by atoms with E-state index in [1.165, 1.54) is 6.07 Å². The highest BCUT2D eigenvalue weighted by molar-refractivity contribution is 6.25. The third-order valence-electron chi connectivity index (χ3n) is 4.18. The first kappa shape index (κ1) is 17.1. The molecule has 3 N–H and O–H groups in total. The van der Waals surface area contributed by atoms with Crippen LogP contribution in [0.2, 0.25) is 0 Å². The predicted molar refractivity (Wildman–Crippen MR) is 87.9 cm³/mol. The van der Waals surface area contributed by atoms with E-state index in [-0.39, 0.29) is 30.5 Å². The summed E-state index contributed by atoms with van der Waals surface area (Å²) in [6, 6.07) is 3.80. The average molecular weight is 345 g/mol. The Morgan fingerprint density at radius 2 is 1.96 bits per heavy atom. The summed E-state index contributed by atoms with van der Waals surface area (Å²) in [6.45, 7) is 3.42. The number of aliphatic hydroxyl groups is 1. The van der Waals surface area contributed by atoms with Crippen molar-refractivity contribution in [3.63, 3.8) is 0 Å². The van der Waals surface area contributed by atoms with E-state index in [1.807, 2.05) is 0 Å².